The summed E-state index contributed by atoms with van der Waals surface area (Å²) in [5, 5.41) is 3.72. The number of nitrogens with one attached hydrogen (secondary N) is 1. The van der Waals surface area contributed by atoms with Crippen molar-refractivity contribution in [3.63, 3.8) is 0 Å². The third kappa shape index (κ3) is 3.08. The lowest BCUT2D eigenvalue weighted by Gasteiger charge is -2.28. The van der Waals surface area contributed by atoms with Crippen LogP contribution in [0, 0.1) is 0 Å². The van der Waals surface area contributed by atoms with Gasteiger partial charge in [0.1, 0.15) is 5.75 Å². The Hall–Kier alpha value is -1.87. The molecule has 1 N–H and O–H groups in total. The summed E-state index contributed by atoms with van der Waals surface area (Å²) in [4.78, 5) is 4.59. The zero-order valence-electron chi connectivity index (χ0n) is 12.7. The second kappa shape index (κ2) is 6.27. The Balaban J connectivity index is 1.77. The van der Waals surface area contributed by atoms with E-state index < -0.39 is 0 Å². The summed E-state index contributed by atoms with van der Waals surface area (Å²) < 4.78 is 5.31. The number of methoxy groups -OCH3 is 1. The van der Waals surface area contributed by atoms with Crippen LogP contribution in [0.15, 0.2) is 42.6 Å². The van der Waals surface area contributed by atoms with Gasteiger partial charge < -0.3 is 10.1 Å². The summed E-state index contributed by atoms with van der Waals surface area (Å²) in [5.41, 5.74) is 3.86. The van der Waals surface area contributed by atoms with Crippen molar-refractivity contribution < 1.29 is 4.74 Å². The molecule has 1 aromatic heterocycles. The van der Waals surface area contributed by atoms with E-state index in [9.17, 15) is 0 Å². The van der Waals surface area contributed by atoms with Gasteiger partial charge in [0.15, 0.2) is 0 Å². The van der Waals surface area contributed by atoms with E-state index in [4.69, 9.17) is 4.74 Å². The number of ether oxygens (including phenoxy) is 1. The first-order valence-electron chi connectivity index (χ1n) is 7.61. The van der Waals surface area contributed by atoms with Crippen LogP contribution in [0.2, 0.25) is 0 Å². The molecule has 0 fully saturated rings. The normalized spacial score (nSPS) is 18.9. The Morgan fingerprint density at radius 2 is 2.19 bits per heavy atom. The maximum Gasteiger partial charge on any atom is 0.119 e. The molecule has 1 heterocycles. The Morgan fingerprint density at radius 3 is 3.05 bits per heavy atom. The third-order valence-electron chi connectivity index (χ3n) is 4.24. The van der Waals surface area contributed by atoms with Gasteiger partial charge in [-0.1, -0.05) is 18.2 Å². The molecule has 0 spiro atoms. The SMILES string of the molecule is COc1cccc([C@@H](C)NC2CCCc3cccnc32)c1. The summed E-state index contributed by atoms with van der Waals surface area (Å²) in [6, 6.07) is 13.1. The predicted molar refractivity (Wildman–Crippen MR) is 84.5 cm³/mol. The lowest BCUT2D eigenvalue weighted by atomic mass is 9.91. The first-order valence-corrected chi connectivity index (χ1v) is 7.61. The van der Waals surface area contributed by atoms with Gasteiger partial charge in [-0.15, -0.1) is 0 Å². The molecule has 2 aromatic rings. The van der Waals surface area contributed by atoms with Crippen LogP contribution in [-0.4, -0.2) is 12.1 Å². The van der Waals surface area contributed by atoms with Crippen LogP contribution in [0.4, 0.5) is 0 Å². The fraction of sp³-hybridized carbons (Fsp3) is 0.389. The number of rotatable bonds is 4. The van der Waals surface area contributed by atoms with E-state index >= 15 is 0 Å². The summed E-state index contributed by atoms with van der Waals surface area (Å²) >= 11 is 0. The van der Waals surface area contributed by atoms with Crippen molar-refractivity contribution in [1.29, 1.82) is 0 Å². The Labute approximate surface area is 126 Å². The number of aryl methyl sites for hydroxylation is 1. The summed E-state index contributed by atoms with van der Waals surface area (Å²) in [6.07, 6.45) is 5.42. The fourth-order valence-electron chi connectivity index (χ4n) is 3.08. The maximum atomic E-state index is 5.31. The number of pyridine rings is 1. The molecule has 3 rings (SSSR count). The quantitative estimate of drug-likeness (QED) is 0.925. The van der Waals surface area contributed by atoms with E-state index in [-0.39, 0.29) is 6.04 Å². The molecular formula is C18H22N2O. The van der Waals surface area contributed by atoms with Crippen molar-refractivity contribution in [1.82, 2.24) is 10.3 Å². The minimum atomic E-state index is 0.276. The molecule has 21 heavy (non-hydrogen) atoms. The lowest BCUT2D eigenvalue weighted by Crippen LogP contribution is -2.28. The van der Waals surface area contributed by atoms with E-state index in [1.165, 1.54) is 23.2 Å². The van der Waals surface area contributed by atoms with Crippen LogP contribution in [0.25, 0.3) is 0 Å². The van der Waals surface area contributed by atoms with E-state index in [1.807, 2.05) is 24.4 Å². The first-order chi connectivity index (χ1) is 10.3. The Bertz CT molecular complexity index is 612. The number of nitrogens with zero attached hydrogens (tertiary/aromatic N) is 1. The van der Waals surface area contributed by atoms with Crippen molar-refractivity contribution in [2.75, 3.05) is 7.11 Å². The Kier molecular flexibility index (Phi) is 4.20. The average molecular weight is 282 g/mol. The molecule has 1 unspecified atom stereocenters. The molecule has 1 aliphatic carbocycles. The highest BCUT2D eigenvalue weighted by molar-refractivity contribution is 5.31. The number of hydrogen-bond donors (Lipinski definition) is 1. The molecule has 0 aliphatic heterocycles. The zero-order valence-corrected chi connectivity index (χ0v) is 12.7. The van der Waals surface area contributed by atoms with E-state index in [0.29, 0.717) is 6.04 Å². The van der Waals surface area contributed by atoms with Gasteiger partial charge >= 0.3 is 0 Å². The molecule has 3 heteroatoms. The minimum Gasteiger partial charge on any atom is -0.497 e. The standard InChI is InChI=1S/C18H22N2O/c1-13(15-7-3-9-16(12-15)21-2)20-17-10-4-6-14-8-5-11-19-18(14)17/h3,5,7-9,11-13,17,20H,4,6,10H2,1-2H3/t13-,17?/m1/s1. The van der Waals surface area contributed by atoms with Crippen LogP contribution < -0.4 is 10.1 Å². The molecule has 110 valence electrons. The topological polar surface area (TPSA) is 34.1 Å². The van der Waals surface area contributed by atoms with Crippen LogP contribution in [0.3, 0.4) is 0 Å². The van der Waals surface area contributed by atoms with Crippen LogP contribution in [0.5, 0.6) is 5.75 Å². The minimum absolute atomic E-state index is 0.276. The number of hydrogen-bond acceptors (Lipinski definition) is 3. The van der Waals surface area contributed by atoms with Gasteiger partial charge in [-0.25, -0.2) is 0 Å². The van der Waals surface area contributed by atoms with Crippen LogP contribution in [0.1, 0.15) is 48.7 Å². The summed E-state index contributed by atoms with van der Waals surface area (Å²) in [5.74, 6) is 0.906. The highest BCUT2D eigenvalue weighted by Gasteiger charge is 2.22. The largest absolute Gasteiger partial charge is 0.497 e. The molecule has 0 saturated heterocycles. The van der Waals surface area contributed by atoms with E-state index in [1.54, 1.807) is 7.11 Å². The van der Waals surface area contributed by atoms with Gasteiger partial charge in [0.2, 0.25) is 0 Å². The van der Waals surface area contributed by atoms with Crippen LogP contribution in [-0.2, 0) is 6.42 Å². The lowest BCUT2D eigenvalue weighted by molar-refractivity contribution is 0.399. The van der Waals surface area contributed by atoms with Crippen molar-refractivity contribution in [2.45, 2.75) is 38.3 Å². The molecule has 3 nitrogen and oxygen atoms in total. The second-order valence-electron chi connectivity index (χ2n) is 5.66. The van der Waals surface area contributed by atoms with Gasteiger partial charge in [0, 0.05) is 12.2 Å². The Morgan fingerprint density at radius 1 is 1.29 bits per heavy atom. The van der Waals surface area contributed by atoms with Crippen LogP contribution >= 0.6 is 0 Å². The molecule has 0 bridgehead atoms. The molecule has 0 saturated carbocycles. The smallest absolute Gasteiger partial charge is 0.119 e. The van der Waals surface area contributed by atoms with Gasteiger partial charge in [0.25, 0.3) is 0 Å². The predicted octanol–water partition coefficient (Wildman–Crippen LogP) is 3.82. The fourth-order valence-corrected chi connectivity index (χ4v) is 3.08. The zero-order chi connectivity index (χ0) is 14.7. The molecule has 1 aromatic carbocycles. The third-order valence-corrected chi connectivity index (χ3v) is 4.24. The van der Waals surface area contributed by atoms with E-state index in [0.717, 1.165) is 18.6 Å². The highest BCUT2D eigenvalue weighted by atomic mass is 16.5. The van der Waals surface area contributed by atoms with Crippen molar-refractivity contribution >= 4 is 0 Å². The molecular weight excluding hydrogens is 260 g/mol. The van der Waals surface area contributed by atoms with Crippen molar-refractivity contribution in [3.8, 4) is 5.75 Å². The number of aromatic nitrogens is 1. The molecule has 1 aliphatic rings. The van der Waals surface area contributed by atoms with Gasteiger partial charge in [-0.05, 0) is 55.5 Å². The monoisotopic (exact) mass is 282 g/mol. The summed E-state index contributed by atoms with van der Waals surface area (Å²) in [7, 11) is 1.71. The molecule has 2 atom stereocenters. The number of fused-ring (bicyclic) bond motifs is 1. The van der Waals surface area contributed by atoms with Crippen molar-refractivity contribution in [2.24, 2.45) is 0 Å². The average Bonchev–Trinajstić information content (AvgIpc) is 2.55. The van der Waals surface area contributed by atoms with Gasteiger partial charge in [-0.2, -0.15) is 0 Å². The van der Waals surface area contributed by atoms with Gasteiger partial charge in [-0.3, -0.25) is 4.98 Å². The molecule has 0 amide bonds. The second-order valence-corrected chi connectivity index (χ2v) is 5.66. The first kappa shape index (κ1) is 14.1. The highest BCUT2D eigenvalue weighted by Crippen LogP contribution is 2.30. The van der Waals surface area contributed by atoms with E-state index in [2.05, 4.69) is 35.4 Å². The maximum absolute atomic E-state index is 5.31. The number of benzene rings is 1. The summed E-state index contributed by atoms with van der Waals surface area (Å²) in [6.45, 7) is 2.20. The molecule has 0 radical (unpaired) electrons. The van der Waals surface area contributed by atoms with Crippen molar-refractivity contribution in [3.05, 3.63) is 59.4 Å². The van der Waals surface area contributed by atoms with Gasteiger partial charge in [0.05, 0.1) is 18.8 Å².